The molecule has 116 valence electrons. The molecule has 0 spiro atoms. The molecule has 5 heteroatoms. The van der Waals surface area contributed by atoms with Crippen molar-refractivity contribution in [3.05, 3.63) is 81.7 Å². The van der Waals surface area contributed by atoms with Crippen molar-refractivity contribution in [2.75, 3.05) is 5.32 Å². The van der Waals surface area contributed by atoms with Crippen LogP contribution in [0.2, 0.25) is 0 Å². The first-order valence-corrected chi connectivity index (χ1v) is 7.60. The van der Waals surface area contributed by atoms with Crippen LogP contribution < -0.4 is 5.32 Å². The maximum Gasteiger partial charge on any atom is 0.269 e. The van der Waals surface area contributed by atoms with Gasteiger partial charge in [-0.1, -0.05) is 24.3 Å². The zero-order valence-electron chi connectivity index (χ0n) is 12.3. The summed E-state index contributed by atoms with van der Waals surface area (Å²) < 4.78 is 13.6. The maximum absolute atomic E-state index is 13.6. The molecular weight excluding hydrogens is 295 g/mol. The molecule has 4 rings (SSSR count). The highest BCUT2D eigenvalue weighted by molar-refractivity contribution is 5.60. The fourth-order valence-electron chi connectivity index (χ4n) is 3.70. The average molecular weight is 310 g/mol. The number of anilines is 1. The van der Waals surface area contributed by atoms with Gasteiger partial charge >= 0.3 is 0 Å². The van der Waals surface area contributed by atoms with Crippen molar-refractivity contribution in [1.82, 2.24) is 0 Å². The lowest BCUT2D eigenvalue weighted by atomic mass is 9.77. The van der Waals surface area contributed by atoms with E-state index in [1.807, 2.05) is 0 Å². The summed E-state index contributed by atoms with van der Waals surface area (Å²) in [5.74, 6) is 0.256. The Hall–Kier alpha value is -2.69. The van der Waals surface area contributed by atoms with Gasteiger partial charge in [-0.3, -0.25) is 10.1 Å². The molecule has 0 unspecified atom stereocenters. The van der Waals surface area contributed by atoms with E-state index in [4.69, 9.17) is 0 Å². The van der Waals surface area contributed by atoms with E-state index in [0.717, 1.165) is 23.2 Å². The van der Waals surface area contributed by atoms with Gasteiger partial charge in [0, 0.05) is 23.7 Å². The molecule has 3 atom stereocenters. The lowest BCUT2D eigenvalue weighted by molar-refractivity contribution is -0.384. The van der Waals surface area contributed by atoms with Gasteiger partial charge in [0.15, 0.2) is 0 Å². The lowest BCUT2D eigenvalue weighted by Crippen LogP contribution is -2.29. The van der Waals surface area contributed by atoms with Crippen LogP contribution in [0.5, 0.6) is 0 Å². The second-order valence-electron chi connectivity index (χ2n) is 6.06. The molecular formula is C18H15FN2O2. The molecule has 0 aromatic heterocycles. The third-order valence-corrected chi connectivity index (χ3v) is 4.79. The summed E-state index contributed by atoms with van der Waals surface area (Å²) in [6, 6.07) is 11.6. The van der Waals surface area contributed by atoms with E-state index in [0.29, 0.717) is 5.92 Å². The number of benzene rings is 2. The summed E-state index contributed by atoms with van der Waals surface area (Å²) in [5.41, 5.74) is 3.03. The lowest BCUT2D eigenvalue weighted by Gasteiger charge is -2.37. The van der Waals surface area contributed by atoms with E-state index in [2.05, 4.69) is 17.5 Å². The maximum atomic E-state index is 13.6. The van der Waals surface area contributed by atoms with Crippen molar-refractivity contribution in [2.24, 2.45) is 5.92 Å². The molecule has 0 amide bonds. The Morgan fingerprint density at radius 2 is 1.96 bits per heavy atom. The van der Waals surface area contributed by atoms with Crippen LogP contribution in [0.1, 0.15) is 29.5 Å². The summed E-state index contributed by atoms with van der Waals surface area (Å²) >= 11 is 0. The van der Waals surface area contributed by atoms with Gasteiger partial charge in [-0.25, -0.2) is 4.39 Å². The van der Waals surface area contributed by atoms with Crippen LogP contribution in [0.4, 0.5) is 15.8 Å². The van der Waals surface area contributed by atoms with Gasteiger partial charge in [0.2, 0.25) is 0 Å². The highest BCUT2D eigenvalue weighted by Gasteiger charge is 2.38. The molecule has 2 aromatic carbocycles. The fraction of sp³-hybridized carbons (Fsp3) is 0.222. The van der Waals surface area contributed by atoms with Crippen LogP contribution in [-0.2, 0) is 0 Å². The number of nitrogens with zero attached hydrogens (tertiary/aromatic N) is 1. The molecule has 2 aromatic rings. The summed E-state index contributed by atoms with van der Waals surface area (Å²) in [5, 5.41) is 14.3. The number of nitrogens with one attached hydrogen (secondary N) is 1. The zero-order valence-corrected chi connectivity index (χ0v) is 12.3. The van der Waals surface area contributed by atoms with Crippen molar-refractivity contribution in [1.29, 1.82) is 0 Å². The van der Waals surface area contributed by atoms with Crippen LogP contribution in [0, 0.1) is 21.8 Å². The first kappa shape index (κ1) is 13.9. The third kappa shape index (κ3) is 2.29. The van der Waals surface area contributed by atoms with Crippen molar-refractivity contribution in [2.45, 2.75) is 18.4 Å². The van der Waals surface area contributed by atoms with Gasteiger partial charge in [-0.05, 0) is 41.7 Å². The quantitative estimate of drug-likeness (QED) is 0.502. The van der Waals surface area contributed by atoms with Gasteiger partial charge in [0.1, 0.15) is 5.82 Å². The van der Waals surface area contributed by atoms with Gasteiger partial charge in [0.05, 0.1) is 11.0 Å². The second kappa shape index (κ2) is 5.19. The molecule has 2 aliphatic rings. The number of nitro groups is 1. The normalized spacial score (nSPS) is 24.7. The van der Waals surface area contributed by atoms with E-state index < -0.39 is 4.92 Å². The summed E-state index contributed by atoms with van der Waals surface area (Å²) in [6.45, 7) is 0. The number of hydrogen-bond acceptors (Lipinski definition) is 3. The zero-order chi connectivity index (χ0) is 16.0. The molecule has 23 heavy (non-hydrogen) atoms. The molecule has 1 heterocycles. The summed E-state index contributed by atoms with van der Waals surface area (Å²) in [6.07, 6.45) is 5.19. The Labute approximate surface area is 132 Å². The fourth-order valence-corrected chi connectivity index (χ4v) is 3.70. The number of non-ortho nitro benzene ring substituents is 1. The number of fused-ring (bicyclic) bond motifs is 3. The molecule has 0 bridgehead atoms. The van der Waals surface area contributed by atoms with Crippen molar-refractivity contribution >= 4 is 11.4 Å². The van der Waals surface area contributed by atoms with E-state index in [1.54, 1.807) is 24.3 Å². The van der Waals surface area contributed by atoms with Crippen LogP contribution in [0.3, 0.4) is 0 Å². The van der Waals surface area contributed by atoms with Crippen LogP contribution in [0.15, 0.2) is 54.6 Å². The van der Waals surface area contributed by atoms with E-state index in [1.165, 1.54) is 18.2 Å². The smallest absolute Gasteiger partial charge is 0.269 e. The number of rotatable bonds is 2. The summed E-state index contributed by atoms with van der Waals surface area (Å²) in [7, 11) is 0. The minimum atomic E-state index is -0.393. The Morgan fingerprint density at radius 1 is 1.17 bits per heavy atom. The Kier molecular flexibility index (Phi) is 3.15. The van der Waals surface area contributed by atoms with Crippen LogP contribution >= 0.6 is 0 Å². The van der Waals surface area contributed by atoms with Gasteiger partial charge < -0.3 is 5.32 Å². The highest BCUT2D eigenvalue weighted by atomic mass is 19.1. The van der Waals surface area contributed by atoms with E-state index in [-0.39, 0.29) is 23.5 Å². The molecule has 0 saturated carbocycles. The molecule has 1 N–H and O–H groups in total. The van der Waals surface area contributed by atoms with Gasteiger partial charge in [-0.15, -0.1) is 0 Å². The van der Waals surface area contributed by atoms with Crippen LogP contribution in [-0.4, -0.2) is 4.92 Å². The van der Waals surface area contributed by atoms with E-state index in [9.17, 15) is 14.5 Å². The van der Waals surface area contributed by atoms with Gasteiger partial charge in [0.25, 0.3) is 5.69 Å². The van der Waals surface area contributed by atoms with Crippen molar-refractivity contribution in [3.8, 4) is 0 Å². The van der Waals surface area contributed by atoms with Gasteiger partial charge in [-0.2, -0.15) is 0 Å². The van der Waals surface area contributed by atoms with E-state index >= 15 is 0 Å². The van der Waals surface area contributed by atoms with Crippen molar-refractivity contribution < 1.29 is 9.31 Å². The molecule has 0 saturated heterocycles. The first-order valence-electron chi connectivity index (χ1n) is 7.60. The highest BCUT2D eigenvalue weighted by Crippen LogP contribution is 2.49. The van der Waals surface area contributed by atoms with Crippen LogP contribution in [0.25, 0.3) is 0 Å². The molecule has 4 nitrogen and oxygen atoms in total. The minimum absolute atomic E-state index is 0.0637. The monoisotopic (exact) mass is 310 g/mol. The predicted octanol–water partition coefficient (Wildman–Crippen LogP) is 4.56. The number of halogens is 1. The molecule has 1 aliphatic carbocycles. The Balaban J connectivity index is 1.73. The molecule has 0 radical (unpaired) electrons. The molecule has 1 aliphatic heterocycles. The van der Waals surface area contributed by atoms with Crippen molar-refractivity contribution in [3.63, 3.8) is 0 Å². The number of allylic oxidation sites excluding steroid dienone is 2. The standard InChI is InChI=1S/C18H15FN2O2/c19-12-6-9-17-16(10-12)14-2-1-3-15(14)18(20-17)11-4-7-13(8-5-11)21(22)23/h1-2,4-10,14-15,18,20H,3H2/t14-,15-,18-/m0/s1. The Morgan fingerprint density at radius 3 is 2.70 bits per heavy atom. The first-order chi connectivity index (χ1) is 11.1. The largest absolute Gasteiger partial charge is 0.378 e. The topological polar surface area (TPSA) is 55.2 Å². The Bertz CT molecular complexity index is 801. The summed E-state index contributed by atoms with van der Waals surface area (Å²) in [4.78, 5) is 10.4. The number of nitro benzene ring substituents is 1. The minimum Gasteiger partial charge on any atom is -0.378 e. The average Bonchev–Trinajstić information content (AvgIpc) is 3.04. The third-order valence-electron chi connectivity index (χ3n) is 4.79. The molecule has 0 fully saturated rings. The predicted molar refractivity (Wildman–Crippen MR) is 85.8 cm³/mol. The second-order valence-corrected chi connectivity index (χ2v) is 6.06. The SMILES string of the molecule is O=[N+]([O-])c1ccc([C@@H]2Nc3ccc(F)cc3[C@H]3C=CC[C@@H]32)cc1. The number of hydrogen-bond donors (Lipinski definition) is 1.